The molecule has 3 saturated carbocycles. The van der Waals surface area contributed by atoms with Gasteiger partial charge in [-0.05, 0) is 57.3 Å². The summed E-state index contributed by atoms with van der Waals surface area (Å²) in [7, 11) is 0. The number of nitrogens with one attached hydrogen (secondary N) is 2. The van der Waals surface area contributed by atoms with Crippen LogP contribution in [0, 0.1) is 11.8 Å². The van der Waals surface area contributed by atoms with E-state index < -0.39 is 0 Å². The van der Waals surface area contributed by atoms with E-state index in [9.17, 15) is 4.79 Å². The molecular formula is C15H26N2O. The molecule has 0 spiro atoms. The fourth-order valence-corrected chi connectivity index (χ4v) is 3.36. The molecule has 3 fully saturated rings. The first-order valence-corrected chi connectivity index (χ1v) is 7.79. The van der Waals surface area contributed by atoms with E-state index in [1.165, 1.54) is 51.4 Å². The molecule has 18 heavy (non-hydrogen) atoms. The Kier molecular flexibility index (Phi) is 3.60. The first-order chi connectivity index (χ1) is 8.72. The van der Waals surface area contributed by atoms with Crippen LogP contribution in [-0.2, 0) is 4.79 Å². The molecule has 3 rings (SSSR count). The Hall–Kier alpha value is -0.570. The highest BCUT2D eigenvalue weighted by molar-refractivity contribution is 5.81. The normalized spacial score (nSPS) is 34.1. The predicted molar refractivity (Wildman–Crippen MR) is 72.2 cm³/mol. The third kappa shape index (κ3) is 3.25. The van der Waals surface area contributed by atoms with Crippen molar-refractivity contribution in [2.45, 2.75) is 76.4 Å². The molecule has 0 bridgehead atoms. The Morgan fingerprint density at radius 2 is 1.78 bits per heavy atom. The maximum atomic E-state index is 11.9. The van der Waals surface area contributed by atoms with E-state index in [0.29, 0.717) is 12.1 Å². The molecule has 3 nitrogen and oxygen atoms in total. The topological polar surface area (TPSA) is 41.1 Å². The third-order valence-corrected chi connectivity index (χ3v) is 4.81. The van der Waals surface area contributed by atoms with Crippen LogP contribution in [0.15, 0.2) is 0 Å². The molecule has 0 aromatic carbocycles. The van der Waals surface area contributed by atoms with E-state index in [2.05, 4.69) is 10.6 Å². The molecule has 2 N–H and O–H groups in total. The summed E-state index contributed by atoms with van der Waals surface area (Å²) < 4.78 is 0. The maximum absolute atomic E-state index is 11.9. The molecule has 3 atom stereocenters. The zero-order valence-electron chi connectivity index (χ0n) is 11.5. The van der Waals surface area contributed by atoms with Crippen LogP contribution in [-0.4, -0.2) is 24.0 Å². The minimum atomic E-state index is -0.0199. The quantitative estimate of drug-likeness (QED) is 0.785. The Morgan fingerprint density at radius 1 is 1.00 bits per heavy atom. The Balaban J connectivity index is 1.43. The van der Waals surface area contributed by atoms with Crippen LogP contribution < -0.4 is 10.6 Å². The van der Waals surface area contributed by atoms with Gasteiger partial charge in [0.15, 0.2) is 0 Å². The smallest absolute Gasteiger partial charge is 0.237 e. The number of hydrogen-bond donors (Lipinski definition) is 2. The van der Waals surface area contributed by atoms with Crippen molar-refractivity contribution in [1.29, 1.82) is 0 Å². The van der Waals surface area contributed by atoms with Crippen molar-refractivity contribution in [3.05, 3.63) is 0 Å². The monoisotopic (exact) mass is 250 g/mol. The number of hydrogen-bond acceptors (Lipinski definition) is 2. The SMILES string of the molecule is CC(NC1CCCC(C2CC2)C1)C(=O)NC1CC1. The van der Waals surface area contributed by atoms with E-state index >= 15 is 0 Å². The van der Waals surface area contributed by atoms with Crippen LogP contribution in [0.4, 0.5) is 0 Å². The van der Waals surface area contributed by atoms with Crippen molar-refractivity contribution in [3.63, 3.8) is 0 Å². The lowest BCUT2D eigenvalue weighted by Crippen LogP contribution is -2.48. The summed E-state index contributed by atoms with van der Waals surface area (Å²) in [6, 6.07) is 1.03. The van der Waals surface area contributed by atoms with Gasteiger partial charge in [0.05, 0.1) is 6.04 Å². The highest BCUT2D eigenvalue weighted by Crippen LogP contribution is 2.43. The summed E-state index contributed by atoms with van der Waals surface area (Å²) in [5, 5.41) is 6.64. The summed E-state index contributed by atoms with van der Waals surface area (Å²) >= 11 is 0. The molecule has 0 aliphatic heterocycles. The number of amides is 1. The average molecular weight is 250 g/mol. The molecule has 0 aromatic rings. The zero-order valence-corrected chi connectivity index (χ0v) is 11.5. The van der Waals surface area contributed by atoms with Crippen LogP contribution in [0.25, 0.3) is 0 Å². The first kappa shape index (κ1) is 12.5. The van der Waals surface area contributed by atoms with E-state index in [1.807, 2.05) is 6.92 Å². The third-order valence-electron chi connectivity index (χ3n) is 4.81. The second-order valence-corrected chi connectivity index (χ2v) is 6.63. The van der Waals surface area contributed by atoms with Crippen LogP contribution in [0.2, 0.25) is 0 Å². The van der Waals surface area contributed by atoms with E-state index in [-0.39, 0.29) is 11.9 Å². The molecule has 3 heteroatoms. The lowest BCUT2D eigenvalue weighted by molar-refractivity contribution is -0.123. The lowest BCUT2D eigenvalue weighted by atomic mass is 9.82. The van der Waals surface area contributed by atoms with Gasteiger partial charge < -0.3 is 10.6 Å². The average Bonchev–Trinajstić information content (AvgIpc) is 3.23. The second kappa shape index (κ2) is 5.20. The molecule has 3 unspecified atom stereocenters. The van der Waals surface area contributed by atoms with Gasteiger partial charge in [-0.3, -0.25) is 4.79 Å². The summed E-state index contributed by atoms with van der Waals surface area (Å²) in [6.45, 7) is 2.01. The fraction of sp³-hybridized carbons (Fsp3) is 0.933. The van der Waals surface area contributed by atoms with Gasteiger partial charge in [0.2, 0.25) is 5.91 Å². The van der Waals surface area contributed by atoms with Gasteiger partial charge in [0.1, 0.15) is 0 Å². The molecule has 102 valence electrons. The van der Waals surface area contributed by atoms with Crippen molar-refractivity contribution < 1.29 is 4.79 Å². The van der Waals surface area contributed by atoms with Crippen LogP contribution in [0.3, 0.4) is 0 Å². The van der Waals surface area contributed by atoms with Crippen molar-refractivity contribution in [1.82, 2.24) is 10.6 Å². The Labute approximate surface area is 110 Å². The molecule has 0 aromatic heterocycles. The second-order valence-electron chi connectivity index (χ2n) is 6.63. The molecular weight excluding hydrogens is 224 g/mol. The van der Waals surface area contributed by atoms with Crippen molar-refractivity contribution in [2.75, 3.05) is 0 Å². The van der Waals surface area contributed by atoms with Gasteiger partial charge in [-0.25, -0.2) is 0 Å². The van der Waals surface area contributed by atoms with Crippen molar-refractivity contribution in [2.24, 2.45) is 11.8 Å². The fourth-order valence-electron chi connectivity index (χ4n) is 3.36. The van der Waals surface area contributed by atoms with Gasteiger partial charge in [0, 0.05) is 12.1 Å². The van der Waals surface area contributed by atoms with Crippen LogP contribution >= 0.6 is 0 Å². The summed E-state index contributed by atoms with van der Waals surface area (Å²) in [4.78, 5) is 11.9. The largest absolute Gasteiger partial charge is 0.352 e. The summed E-state index contributed by atoms with van der Waals surface area (Å²) in [5.74, 6) is 2.16. The Bertz CT molecular complexity index is 310. The standard InChI is InChI=1S/C15H26N2O/c1-10(15(18)17-13-7-8-13)16-14-4-2-3-12(9-14)11-5-6-11/h10-14,16H,2-9H2,1H3,(H,17,18). The summed E-state index contributed by atoms with van der Waals surface area (Å²) in [5.41, 5.74) is 0. The lowest BCUT2D eigenvalue weighted by Gasteiger charge is -2.31. The van der Waals surface area contributed by atoms with Gasteiger partial charge in [-0.15, -0.1) is 0 Å². The molecule has 0 heterocycles. The molecule has 3 aliphatic carbocycles. The highest BCUT2D eigenvalue weighted by atomic mass is 16.2. The van der Waals surface area contributed by atoms with Gasteiger partial charge in [-0.2, -0.15) is 0 Å². The van der Waals surface area contributed by atoms with Gasteiger partial charge in [-0.1, -0.05) is 12.8 Å². The minimum absolute atomic E-state index is 0.0199. The zero-order chi connectivity index (χ0) is 12.5. The maximum Gasteiger partial charge on any atom is 0.237 e. The molecule has 3 aliphatic rings. The van der Waals surface area contributed by atoms with Crippen molar-refractivity contribution in [3.8, 4) is 0 Å². The van der Waals surface area contributed by atoms with Gasteiger partial charge in [0.25, 0.3) is 0 Å². The minimum Gasteiger partial charge on any atom is -0.352 e. The predicted octanol–water partition coefficient (Wildman–Crippen LogP) is 2.21. The van der Waals surface area contributed by atoms with Crippen molar-refractivity contribution >= 4 is 5.91 Å². The molecule has 0 radical (unpaired) electrons. The van der Waals surface area contributed by atoms with Crippen LogP contribution in [0.1, 0.15) is 58.3 Å². The summed E-state index contributed by atoms with van der Waals surface area (Å²) in [6.07, 6.45) is 10.6. The molecule has 0 saturated heterocycles. The van der Waals surface area contributed by atoms with E-state index in [1.54, 1.807) is 0 Å². The van der Waals surface area contributed by atoms with E-state index in [0.717, 1.165) is 11.8 Å². The number of rotatable bonds is 5. The first-order valence-electron chi connectivity index (χ1n) is 7.79. The van der Waals surface area contributed by atoms with E-state index in [4.69, 9.17) is 0 Å². The highest BCUT2D eigenvalue weighted by Gasteiger charge is 2.35. The van der Waals surface area contributed by atoms with Gasteiger partial charge >= 0.3 is 0 Å². The number of carbonyl (C=O) groups excluding carboxylic acids is 1. The molecule has 1 amide bonds. The van der Waals surface area contributed by atoms with Crippen LogP contribution in [0.5, 0.6) is 0 Å². The Morgan fingerprint density at radius 3 is 2.44 bits per heavy atom. The number of carbonyl (C=O) groups is 1.